The van der Waals surface area contributed by atoms with Gasteiger partial charge in [0, 0.05) is 13.1 Å². The van der Waals surface area contributed by atoms with E-state index in [0.29, 0.717) is 13.0 Å². The van der Waals surface area contributed by atoms with E-state index in [2.05, 4.69) is 34.5 Å². The van der Waals surface area contributed by atoms with Gasteiger partial charge in [0.15, 0.2) is 0 Å². The summed E-state index contributed by atoms with van der Waals surface area (Å²) in [5.74, 6) is 0.799. The van der Waals surface area contributed by atoms with Gasteiger partial charge in [-0.3, -0.25) is 9.69 Å². The van der Waals surface area contributed by atoms with Crippen molar-refractivity contribution in [2.75, 3.05) is 20.2 Å². The van der Waals surface area contributed by atoms with Gasteiger partial charge in [0.05, 0.1) is 13.5 Å². The first-order valence-corrected chi connectivity index (χ1v) is 8.93. The third-order valence-corrected chi connectivity index (χ3v) is 4.62. The molecule has 1 aliphatic heterocycles. The highest BCUT2D eigenvalue weighted by Gasteiger charge is 2.11. The lowest BCUT2D eigenvalue weighted by Crippen LogP contribution is -2.24. The summed E-state index contributed by atoms with van der Waals surface area (Å²) in [6, 6.07) is 16.2. The number of nitrogens with zero attached hydrogens (tertiary/aromatic N) is 1. The van der Waals surface area contributed by atoms with Crippen molar-refractivity contribution in [2.45, 2.75) is 32.4 Å². The van der Waals surface area contributed by atoms with E-state index < -0.39 is 0 Å². The van der Waals surface area contributed by atoms with Crippen LogP contribution in [0.3, 0.4) is 0 Å². The molecule has 0 atom stereocenters. The van der Waals surface area contributed by atoms with Crippen LogP contribution in [0.15, 0.2) is 48.5 Å². The Kier molecular flexibility index (Phi) is 6.07. The predicted molar refractivity (Wildman–Crippen MR) is 99.5 cm³/mol. The molecule has 0 unspecified atom stereocenters. The van der Waals surface area contributed by atoms with E-state index >= 15 is 0 Å². The zero-order valence-corrected chi connectivity index (χ0v) is 14.8. The molecular formula is C21H26N2O2. The third kappa shape index (κ3) is 5.33. The number of amides is 1. The number of nitrogens with one attached hydrogen (secondary N) is 1. The van der Waals surface area contributed by atoms with Gasteiger partial charge in [0.25, 0.3) is 0 Å². The Bertz CT molecular complexity index is 691. The molecule has 1 saturated heterocycles. The highest BCUT2D eigenvalue weighted by atomic mass is 16.5. The van der Waals surface area contributed by atoms with Crippen LogP contribution in [-0.2, 0) is 24.3 Å². The summed E-state index contributed by atoms with van der Waals surface area (Å²) >= 11 is 0. The molecule has 0 spiro atoms. The molecule has 0 radical (unpaired) electrons. The number of carbonyl (C=O) groups excluding carboxylic acids is 1. The van der Waals surface area contributed by atoms with Crippen molar-refractivity contribution < 1.29 is 9.53 Å². The van der Waals surface area contributed by atoms with Crippen molar-refractivity contribution in [3.05, 3.63) is 65.2 Å². The Labute approximate surface area is 149 Å². The standard InChI is InChI=1S/C21H26N2O2/c1-25-20-6-4-5-19(13-20)14-21(24)22-15-17-7-9-18(10-8-17)16-23-11-2-3-12-23/h4-10,13H,2-3,11-12,14-16H2,1H3,(H,22,24). The maximum absolute atomic E-state index is 12.1. The van der Waals surface area contributed by atoms with Crippen molar-refractivity contribution in [1.82, 2.24) is 10.2 Å². The van der Waals surface area contributed by atoms with E-state index in [1.165, 1.54) is 31.5 Å². The average Bonchev–Trinajstić information content (AvgIpc) is 3.14. The fraction of sp³-hybridized carbons (Fsp3) is 0.381. The van der Waals surface area contributed by atoms with Crippen molar-refractivity contribution in [3.8, 4) is 5.75 Å². The number of methoxy groups -OCH3 is 1. The van der Waals surface area contributed by atoms with Crippen molar-refractivity contribution in [1.29, 1.82) is 0 Å². The predicted octanol–water partition coefficient (Wildman–Crippen LogP) is 3.15. The van der Waals surface area contributed by atoms with E-state index in [4.69, 9.17) is 4.74 Å². The molecule has 0 aromatic heterocycles. The van der Waals surface area contributed by atoms with E-state index in [1.807, 2.05) is 24.3 Å². The SMILES string of the molecule is COc1cccc(CC(=O)NCc2ccc(CN3CCCC3)cc2)c1. The Balaban J connectivity index is 1.46. The van der Waals surface area contributed by atoms with Crippen LogP contribution < -0.4 is 10.1 Å². The minimum atomic E-state index is 0.0226. The van der Waals surface area contributed by atoms with E-state index in [9.17, 15) is 4.79 Å². The number of benzene rings is 2. The van der Waals surface area contributed by atoms with E-state index in [0.717, 1.165) is 23.4 Å². The monoisotopic (exact) mass is 338 g/mol. The number of hydrogen-bond donors (Lipinski definition) is 1. The second-order valence-corrected chi connectivity index (χ2v) is 6.60. The lowest BCUT2D eigenvalue weighted by atomic mass is 10.1. The Morgan fingerprint density at radius 3 is 2.48 bits per heavy atom. The highest BCUT2D eigenvalue weighted by Crippen LogP contribution is 2.14. The maximum Gasteiger partial charge on any atom is 0.224 e. The molecule has 0 bridgehead atoms. The van der Waals surface area contributed by atoms with Gasteiger partial charge in [-0.05, 0) is 54.8 Å². The zero-order valence-electron chi connectivity index (χ0n) is 14.8. The minimum absolute atomic E-state index is 0.0226. The molecule has 3 rings (SSSR count). The smallest absolute Gasteiger partial charge is 0.224 e. The van der Waals surface area contributed by atoms with E-state index in [1.54, 1.807) is 7.11 Å². The second kappa shape index (κ2) is 8.67. The molecule has 2 aromatic rings. The normalized spacial score (nSPS) is 14.4. The van der Waals surface area contributed by atoms with Crippen molar-refractivity contribution in [2.24, 2.45) is 0 Å². The van der Waals surface area contributed by atoms with Crippen molar-refractivity contribution >= 4 is 5.91 Å². The van der Waals surface area contributed by atoms with Gasteiger partial charge in [0.1, 0.15) is 5.75 Å². The molecule has 4 nitrogen and oxygen atoms in total. The number of carbonyl (C=O) groups is 1. The van der Waals surface area contributed by atoms with Crippen LogP contribution in [0.5, 0.6) is 5.75 Å². The molecule has 1 fully saturated rings. The molecule has 25 heavy (non-hydrogen) atoms. The average molecular weight is 338 g/mol. The fourth-order valence-corrected chi connectivity index (χ4v) is 3.19. The molecule has 0 saturated carbocycles. The molecule has 132 valence electrons. The van der Waals surface area contributed by atoms with Gasteiger partial charge in [-0.1, -0.05) is 36.4 Å². The molecule has 1 aliphatic rings. The molecular weight excluding hydrogens is 312 g/mol. The first kappa shape index (κ1) is 17.5. The summed E-state index contributed by atoms with van der Waals surface area (Å²) in [5, 5.41) is 2.99. The van der Waals surface area contributed by atoms with Gasteiger partial charge in [-0.2, -0.15) is 0 Å². The summed E-state index contributed by atoms with van der Waals surface area (Å²) in [7, 11) is 1.63. The molecule has 4 heteroatoms. The first-order chi connectivity index (χ1) is 12.2. The minimum Gasteiger partial charge on any atom is -0.497 e. The van der Waals surface area contributed by atoms with Crippen LogP contribution >= 0.6 is 0 Å². The largest absolute Gasteiger partial charge is 0.497 e. The summed E-state index contributed by atoms with van der Waals surface area (Å²) in [4.78, 5) is 14.6. The van der Waals surface area contributed by atoms with Gasteiger partial charge in [-0.15, -0.1) is 0 Å². The quantitative estimate of drug-likeness (QED) is 0.843. The molecule has 1 heterocycles. The van der Waals surface area contributed by atoms with Crippen LogP contribution in [0.25, 0.3) is 0 Å². The van der Waals surface area contributed by atoms with Crippen LogP contribution in [-0.4, -0.2) is 31.0 Å². The Hall–Kier alpha value is -2.33. The lowest BCUT2D eigenvalue weighted by Gasteiger charge is -2.14. The highest BCUT2D eigenvalue weighted by molar-refractivity contribution is 5.78. The molecule has 1 amide bonds. The molecule has 0 aliphatic carbocycles. The molecule has 2 aromatic carbocycles. The molecule has 1 N–H and O–H groups in total. The summed E-state index contributed by atoms with van der Waals surface area (Å²) in [6.07, 6.45) is 3.00. The maximum atomic E-state index is 12.1. The zero-order chi connectivity index (χ0) is 17.5. The Morgan fingerprint density at radius 2 is 1.76 bits per heavy atom. The number of ether oxygens (including phenoxy) is 1. The Morgan fingerprint density at radius 1 is 1.04 bits per heavy atom. The second-order valence-electron chi connectivity index (χ2n) is 6.60. The van der Waals surface area contributed by atoms with Crippen LogP contribution in [0.1, 0.15) is 29.5 Å². The summed E-state index contributed by atoms with van der Waals surface area (Å²) in [5.41, 5.74) is 3.43. The van der Waals surface area contributed by atoms with Crippen LogP contribution in [0.4, 0.5) is 0 Å². The van der Waals surface area contributed by atoms with Gasteiger partial charge in [0.2, 0.25) is 5.91 Å². The van der Waals surface area contributed by atoms with Crippen LogP contribution in [0.2, 0.25) is 0 Å². The van der Waals surface area contributed by atoms with Gasteiger partial charge < -0.3 is 10.1 Å². The van der Waals surface area contributed by atoms with E-state index in [-0.39, 0.29) is 5.91 Å². The summed E-state index contributed by atoms with van der Waals surface area (Å²) in [6.45, 7) is 4.01. The van der Waals surface area contributed by atoms with Gasteiger partial charge >= 0.3 is 0 Å². The third-order valence-electron chi connectivity index (χ3n) is 4.62. The van der Waals surface area contributed by atoms with Crippen molar-refractivity contribution in [3.63, 3.8) is 0 Å². The first-order valence-electron chi connectivity index (χ1n) is 8.93. The number of rotatable bonds is 7. The topological polar surface area (TPSA) is 41.6 Å². The summed E-state index contributed by atoms with van der Waals surface area (Å²) < 4.78 is 5.19. The van der Waals surface area contributed by atoms with Gasteiger partial charge in [-0.25, -0.2) is 0 Å². The van der Waals surface area contributed by atoms with Crippen LogP contribution in [0, 0.1) is 0 Å². The number of likely N-dealkylation sites (tertiary alicyclic amines) is 1. The lowest BCUT2D eigenvalue weighted by molar-refractivity contribution is -0.120. The fourth-order valence-electron chi connectivity index (χ4n) is 3.19. The number of hydrogen-bond acceptors (Lipinski definition) is 3.